The Labute approximate surface area is 210 Å². The first-order valence-electron chi connectivity index (χ1n) is 11.9. The molecule has 1 saturated heterocycles. The number of benzene rings is 1. The third-order valence-electron chi connectivity index (χ3n) is 5.89. The summed E-state index contributed by atoms with van der Waals surface area (Å²) in [6.07, 6.45) is 4.44. The molecule has 0 saturated carbocycles. The van der Waals surface area contributed by atoms with Crippen LogP contribution in [-0.2, 0) is 4.74 Å². The molecule has 3 aromatic rings. The number of nitrogens with zero attached hydrogens (tertiary/aromatic N) is 5. The maximum Gasteiger partial charge on any atom is 0.228 e. The van der Waals surface area contributed by atoms with E-state index in [1.165, 1.54) is 0 Å². The fourth-order valence-corrected chi connectivity index (χ4v) is 3.88. The number of methoxy groups -OCH3 is 1. The Hall–Kier alpha value is -3.54. The minimum atomic E-state index is -0.605. The molecule has 1 aliphatic rings. The molecule has 192 valence electrons. The van der Waals surface area contributed by atoms with E-state index in [2.05, 4.69) is 25.5 Å². The van der Waals surface area contributed by atoms with Crippen LogP contribution >= 0.6 is 0 Å². The number of hydrogen-bond acceptors (Lipinski definition) is 11. The second kappa shape index (κ2) is 12.4. The van der Waals surface area contributed by atoms with Crippen LogP contribution in [0.4, 0.5) is 17.6 Å². The second-order valence-electron chi connectivity index (χ2n) is 8.51. The molecule has 1 aliphatic heterocycles. The fraction of sp³-hybridized carbons (Fsp3) is 0.440. The molecule has 1 aromatic carbocycles. The highest BCUT2D eigenvalue weighted by molar-refractivity contribution is 5.65. The Morgan fingerprint density at radius 1 is 1.14 bits per heavy atom. The Bertz CT molecular complexity index is 1110. The van der Waals surface area contributed by atoms with Crippen LogP contribution in [0.15, 0.2) is 42.7 Å². The monoisotopic (exact) mass is 495 g/mol. The van der Waals surface area contributed by atoms with E-state index >= 15 is 0 Å². The maximum absolute atomic E-state index is 9.97. The zero-order chi connectivity index (χ0) is 25.3. The summed E-state index contributed by atoms with van der Waals surface area (Å²) in [7, 11) is 5.40. The first kappa shape index (κ1) is 25.5. The summed E-state index contributed by atoms with van der Waals surface area (Å²) in [5.41, 5.74) is 0.788. The molecule has 0 aliphatic carbocycles. The first-order chi connectivity index (χ1) is 17.6. The van der Waals surface area contributed by atoms with Crippen LogP contribution in [0.25, 0.3) is 11.4 Å². The molecule has 0 spiro atoms. The Morgan fingerprint density at radius 3 is 2.64 bits per heavy atom. The Morgan fingerprint density at radius 2 is 1.92 bits per heavy atom. The summed E-state index contributed by atoms with van der Waals surface area (Å²) in [4.78, 5) is 20.4. The average Bonchev–Trinajstić information content (AvgIpc) is 2.92. The molecule has 11 heteroatoms. The summed E-state index contributed by atoms with van der Waals surface area (Å²) in [6, 6.07) is 9.73. The molecular formula is C25H33N7O4. The van der Waals surface area contributed by atoms with Crippen molar-refractivity contribution in [2.75, 3.05) is 57.8 Å². The zero-order valence-electron chi connectivity index (χ0n) is 20.8. The predicted octanol–water partition coefficient (Wildman–Crippen LogP) is 2.26. The van der Waals surface area contributed by atoms with Gasteiger partial charge in [-0.2, -0.15) is 0 Å². The summed E-state index contributed by atoms with van der Waals surface area (Å²) in [5, 5.41) is 16.1. The average molecular weight is 496 g/mol. The van der Waals surface area contributed by atoms with Crippen molar-refractivity contribution >= 4 is 17.6 Å². The molecular weight excluding hydrogens is 462 g/mol. The largest absolute Gasteiger partial charge is 0.494 e. The standard InChI is InChI=1S/C25H33N7O4/c1-26-13-19(33)16-36-20-6-4-5-17(11-20)24-29-22(30-25-27-14-21(34-3)15-28-25)12-23(31-24)32(2)18-7-9-35-10-8-18/h4-6,11-12,14-15,18-19,26,33H,7-10,13,16H2,1-3H3,(H,27,28,29,30,31). The number of aliphatic hydroxyl groups is 1. The summed E-state index contributed by atoms with van der Waals surface area (Å²) in [6.45, 7) is 2.10. The van der Waals surface area contributed by atoms with Gasteiger partial charge in [0.15, 0.2) is 11.6 Å². The van der Waals surface area contributed by atoms with Crippen molar-refractivity contribution in [3.05, 3.63) is 42.7 Å². The summed E-state index contributed by atoms with van der Waals surface area (Å²) >= 11 is 0. The number of nitrogens with one attached hydrogen (secondary N) is 2. The van der Waals surface area contributed by atoms with Crippen LogP contribution in [0, 0.1) is 0 Å². The third kappa shape index (κ3) is 6.78. The minimum absolute atomic E-state index is 0.180. The summed E-state index contributed by atoms with van der Waals surface area (Å²) < 4.78 is 16.5. The van der Waals surface area contributed by atoms with Crippen LogP contribution < -0.4 is 25.0 Å². The van der Waals surface area contributed by atoms with Gasteiger partial charge in [-0.15, -0.1) is 0 Å². The maximum atomic E-state index is 9.97. The SMILES string of the molecule is CNCC(O)COc1cccc(-c2nc(Nc3ncc(OC)cn3)cc(N(C)C3CCOCC3)n2)c1. The van der Waals surface area contributed by atoms with Crippen LogP contribution in [0.5, 0.6) is 11.5 Å². The lowest BCUT2D eigenvalue weighted by Gasteiger charge is -2.32. The highest BCUT2D eigenvalue weighted by atomic mass is 16.5. The third-order valence-corrected chi connectivity index (χ3v) is 5.89. The van der Waals surface area contributed by atoms with Gasteiger partial charge in [-0.05, 0) is 32.0 Å². The predicted molar refractivity (Wildman–Crippen MR) is 137 cm³/mol. The topological polar surface area (TPSA) is 127 Å². The molecule has 3 heterocycles. The molecule has 1 unspecified atom stereocenters. The lowest BCUT2D eigenvalue weighted by molar-refractivity contribution is 0.0853. The van der Waals surface area contributed by atoms with Gasteiger partial charge in [0.1, 0.15) is 30.1 Å². The molecule has 0 radical (unpaired) electrons. The van der Waals surface area contributed by atoms with Crippen molar-refractivity contribution in [2.45, 2.75) is 25.0 Å². The highest BCUT2D eigenvalue weighted by Crippen LogP contribution is 2.28. The molecule has 2 aromatic heterocycles. The van der Waals surface area contributed by atoms with E-state index in [4.69, 9.17) is 24.2 Å². The number of anilines is 3. The van der Waals surface area contributed by atoms with Crippen LogP contribution in [-0.4, -0.2) is 84.8 Å². The minimum Gasteiger partial charge on any atom is -0.494 e. The zero-order valence-corrected chi connectivity index (χ0v) is 20.8. The fourth-order valence-electron chi connectivity index (χ4n) is 3.88. The lowest BCUT2D eigenvalue weighted by atomic mass is 10.1. The molecule has 0 bridgehead atoms. The Balaban J connectivity index is 1.63. The molecule has 11 nitrogen and oxygen atoms in total. The van der Waals surface area contributed by atoms with Crippen LogP contribution in [0.1, 0.15) is 12.8 Å². The van der Waals surface area contributed by atoms with Gasteiger partial charge in [0.2, 0.25) is 5.95 Å². The molecule has 1 fully saturated rings. The molecule has 1 atom stereocenters. The van der Waals surface area contributed by atoms with E-state index in [0.717, 1.165) is 37.4 Å². The highest BCUT2D eigenvalue weighted by Gasteiger charge is 2.21. The van der Waals surface area contributed by atoms with Crippen molar-refractivity contribution in [1.82, 2.24) is 25.3 Å². The van der Waals surface area contributed by atoms with Crippen molar-refractivity contribution in [1.29, 1.82) is 0 Å². The van der Waals surface area contributed by atoms with Gasteiger partial charge in [-0.25, -0.2) is 19.9 Å². The number of rotatable bonds is 11. The van der Waals surface area contributed by atoms with Gasteiger partial charge in [0.05, 0.1) is 19.5 Å². The quantitative estimate of drug-likeness (QED) is 0.362. The van der Waals surface area contributed by atoms with E-state index in [1.54, 1.807) is 26.6 Å². The van der Waals surface area contributed by atoms with Gasteiger partial charge < -0.3 is 34.9 Å². The number of aromatic nitrogens is 4. The number of hydrogen-bond donors (Lipinski definition) is 3. The number of likely N-dealkylation sites (N-methyl/N-ethyl adjacent to an activating group) is 1. The van der Waals surface area contributed by atoms with Crippen molar-refractivity contribution in [3.8, 4) is 22.9 Å². The first-order valence-corrected chi connectivity index (χ1v) is 11.9. The van der Waals surface area contributed by atoms with Gasteiger partial charge in [0, 0.05) is 44.5 Å². The van der Waals surface area contributed by atoms with Crippen molar-refractivity contribution < 1.29 is 19.3 Å². The molecule has 0 amide bonds. The van der Waals surface area contributed by atoms with Gasteiger partial charge in [-0.3, -0.25) is 0 Å². The van der Waals surface area contributed by atoms with E-state index in [9.17, 15) is 5.11 Å². The van der Waals surface area contributed by atoms with Crippen molar-refractivity contribution in [2.24, 2.45) is 0 Å². The molecule has 4 rings (SSSR count). The normalized spacial score (nSPS) is 14.8. The van der Waals surface area contributed by atoms with Crippen molar-refractivity contribution in [3.63, 3.8) is 0 Å². The smallest absolute Gasteiger partial charge is 0.228 e. The van der Waals surface area contributed by atoms with E-state index in [-0.39, 0.29) is 6.61 Å². The Kier molecular flexibility index (Phi) is 8.82. The van der Waals surface area contributed by atoms with E-state index < -0.39 is 6.10 Å². The summed E-state index contributed by atoms with van der Waals surface area (Å²) in [5.74, 6) is 3.47. The lowest BCUT2D eigenvalue weighted by Crippen LogP contribution is -2.37. The van der Waals surface area contributed by atoms with E-state index in [0.29, 0.717) is 41.7 Å². The van der Waals surface area contributed by atoms with Gasteiger partial charge in [-0.1, -0.05) is 12.1 Å². The molecule has 3 N–H and O–H groups in total. The van der Waals surface area contributed by atoms with E-state index in [1.807, 2.05) is 37.4 Å². The van der Waals surface area contributed by atoms with Crippen LogP contribution in [0.3, 0.4) is 0 Å². The number of aliphatic hydroxyl groups excluding tert-OH is 1. The molecule has 36 heavy (non-hydrogen) atoms. The van der Waals surface area contributed by atoms with Gasteiger partial charge in [0.25, 0.3) is 0 Å². The number of ether oxygens (including phenoxy) is 3. The second-order valence-corrected chi connectivity index (χ2v) is 8.51. The van der Waals surface area contributed by atoms with Gasteiger partial charge >= 0.3 is 0 Å². The van der Waals surface area contributed by atoms with Crippen LogP contribution in [0.2, 0.25) is 0 Å².